The zero-order valence-corrected chi connectivity index (χ0v) is 39.3. The van der Waals surface area contributed by atoms with Gasteiger partial charge in [0.05, 0.1) is 33.1 Å². The first-order chi connectivity index (χ1) is 36.0. The predicted molar refractivity (Wildman–Crippen MR) is 299 cm³/mol. The lowest BCUT2D eigenvalue weighted by Crippen LogP contribution is -2.10. The minimum Gasteiger partial charge on any atom is -0.310 e. The molecule has 0 fully saturated rings. The molecule has 14 rings (SSSR count). The van der Waals surface area contributed by atoms with Gasteiger partial charge in [-0.15, -0.1) is 0 Å². The first-order valence-electron chi connectivity index (χ1n) is 24.5. The van der Waals surface area contributed by atoms with Crippen LogP contribution in [0.2, 0.25) is 0 Å². The van der Waals surface area contributed by atoms with E-state index in [1.165, 1.54) is 24.3 Å². The summed E-state index contributed by atoms with van der Waals surface area (Å²) in [6.45, 7) is 0. The molecule has 0 spiro atoms. The summed E-state index contributed by atoms with van der Waals surface area (Å²) in [7, 11) is 0. The number of hydrogen-bond acceptors (Lipinski definition) is 2. The number of aromatic nitrogens is 3. The number of anilines is 6. The van der Waals surface area contributed by atoms with Crippen molar-refractivity contribution in [3.8, 4) is 17.1 Å². The van der Waals surface area contributed by atoms with Gasteiger partial charge in [-0.1, -0.05) is 91.0 Å². The summed E-state index contributed by atoms with van der Waals surface area (Å²) in [4.78, 5) is 4.43. The summed E-state index contributed by atoms with van der Waals surface area (Å²) < 4.78 is 36.5. The second-order valence-corrected chi connectivity index (χ2v) is 18.5. The van der Waals surface area contributed by atoms with Crippen LogP contribution in [0.3, 0.4) is 0 Å². The Balaban J connectivity index is 0.985. The van der Waals surface area contributed by atoms with Crippen molar-refractivity contribution in [2.24, 2.45) is 0 Å². The highest BCUT2D eigenvalue weighted by Gasteiger charge is 2.23. The van der Waals surface area contributed by atoms with Gasteiger partial charge >= 0.3 is 0 Å². The maximum atomic E-state index is 14.8. The molecule has 0 atom stereocenters. The topological polar surface area (TPSA) is 21.3 Å². The number of rotatable bonds is 9. The van der Waals surface area contributed by atoms with Crippen LogP contribution in [0.1, 0.15) is 0 Å². The molecule has 0 amide bonds. The highest BCUT2D eigenvalue weighted by molar-refractivity contribution is 6.14. The fraction of sp³-hybridized carbons (Fsp3) is 0. The average Bonchev–Trinajstić information content (AvgIpc) is 4.08. The van der Waals surface area contributed by atoms with Gasteiger partial charge in [0.2, 0.25) is 0 Å². The molecule has 5 nitrogen and oxygen atoms in total. The van der Waals surface area contributed by atoms with E-state index in [9.17, 15) is 8.78 Å². The van der Waals surface area contributed by atoms with E-state index in [-0.39, 0.29) is 11.6 Å². The summed E-state index contributed by atoms with van der Waals surface area (Å²) in [5.41, 5.74) is 15.1. The summed E-state index contributed by atoms with van der Waals surface area (Å²) in [5, 5.41) is 6.57. The molecule has 0 aliphatic rings. The molecule has 73 heavy (non-hydrogen) atoms. The Kier molecular flexibility index (Phi) is 9.83. The van der Waals surface area contributed by atoms with Crippen LogP contribution in [-0.4, -0.2) is 13.7 Å². The lowest BCUT2D eigenvalue weighted by molar-refractivity contribution is 0.627. The molecule has 0 aliphatic heterocycles. The lowest BCUT2D eigenvalue weighted by Gasteiger charge is -2.26. The standard InChI is InChI=1S/C66H43F2N5/c67-44-24-28-49(29-25-44)69(51-32-36-63-57(40-51)55-20-10-12-22-61(55)71(63)46-14-4-1-5-15-46)53-34-38-65-59(42-53)60-43-54(35-39-66(60)73(65)48-18-8-3-9-19-48)70(50-30-26-45(68)27-31-50)52-33-37-64-58(41-52)56-21-11-13-23-62(56)72(64)47-16-6-2-7-17-47/h1-43H. The quantitative estimate of drug-likeness (QED) is 0.144. The van der Waals surface area contributed by atoms with Gasteiger partial charge in [0.1, 0.15) is 11.6 Å². The number of halogens is 2. The van der Waals surface area contributed by atoms with Crippen LogP contribution >= 0.6 is 0 Å². The van der Waals surface area contributed by atoms with Crippen molar-refractivity contribution >= 4 is 99.5 Å². The van der Waals surface area contributed by atoms with E-state index in [2.05, 4.69) is 218 Å². The smallest absolute Gasteiger partial charge is 0.123 e. The molecule has 0 aliphatic carbocycles. The predicted octanol–water partition coefficient (Wildman–Crippen LogP) is 18.2. The summed E-state index contributed by atoms with van der Waals surface area (Å²) in [6.07, 6.45) is 0. The van der Waals surface area contributed by atoms with Gasteiger partial charge in [-0.2, -0.15) is 0 Å². The Morgan fingerprint density at radius 2 is 0.466 bits per heavy atom. The maximum Gasteiger partial charge on any atom is 0.123 e. The lowest BCUT2D eigenvalue weighted by atomic mass is 10.1. The van der Waals surface area contributed by atoms with Crippen molar-refractivity contribution in [1.82, 2.24) is 13.7 Å². The Morgan fingerprint density at radius 3 is 0.781 bits per heavy atom. The Morgan fingerprint density at radius 1 is 0.219 bits per heavy atom. The summed E-state index contributed by atoms with van der Waals surface area (Å²) >= 11 is 0. The molecular weight excluding hydrogens is 901 g/mol. The van der Waals surface area contributed by atoms with E-state index in [1.807, 2.05) is 42.5 Å². The molecule has 0 saturated heterocycles. The molecular formula is C66H43F2N5. The van der Waals surface area contributed by atoms with E-state index < -0.39 is 0 Å². The van der Waals surface area contributed by atoms with E-state index in [1.54, 1.807) is 0 Å². The van der Waals surface area contributed by atoms with Crippen molar-refractivity contribution in [1.29, 1.82) is 0 Å². The van der Waals surface area contributed by atoms with Gasteiger partial charge in [0, 0.05) is 83.5 Å². The highest BCUT2D eigenvalue weighted by atomic mass is 19.1. The van der Waals surface area contributed by atoms with Crippen LogP contribution in [-0.2, 0) is 0 Å². The molecule has 7 heteroatoms. The minimum absolute atomic E-state index is 0.300. The molecule has 0 unspecified atom stereocenters. The summed E-state index contributed by atoms with van der Waals surface area (Å²) in [6, 6.07) is 88.3. The monoisotopic (exact) mass is 943 g/mol. The van der Waals surface area contributed by atoms with Crippen LogP contribution in [0.4, 0.5) is 42.9 Å². The van der Waals surface area contributed by atoms with Gasteiger partial charge in [-0.25, -0.2) is 8.78 Å². The zero-order valence-electron chi connectivity index (χ0n) is 39.3. The SMILES string of the molecule is Fc1ccc(N(c2ccc3c(c2)c2ccccc2n3-c2ccccc2)c2ccc3c(c2)c2cc(N(c4ccc(F)cc4)c4ccc5c(c4)c4ccccc4n5-c4ccccc4)ccc2n3-c2ccccc2)cc1. The first-order valence-corrected chi connectivity index (χ1v) is 24.5. The highest BCUT2D eigenvalue weighted by Crippen LogP contribution is 2.45. The van der Waals surface area contributed by atoms with E-state index in [0.29, 0.717) is 0 Å². The Hall–Kier alpha value is -9.72. The number of hydrogen-bond donors (Lipinski definition) is 0. The van der Waals surface area contributed by atoms with Gasteiger partial charge in [-0.3, -0.25) is 0 Å². The van der Waals surface area contributed by atoms with Crippen LogP contribution in [0.5, 0.6) is 0 Å². The van der Waals surface area contributed by atoms with Gasteiger partial charge in [-0.05, 0) is 170 Å². The summed E-state index contributed by atoms with van der Waals surface area (Å²) in [5.74, 6) is -0.600. The molecule has 3 aromatic heterocycles. The van der Waals surface area contributed by atoms with E-state index in [4.69, 9.17) is 0 Å². The fourth-order valence-electron chi connectivity index (χ4n) is 11.1. The van der Waals surface area contributed by atoms with Crippen molar-refractivity contribution in [3.63, 3.8) is 0 Å². The van der Waals surface area contributed by atoms with Crippen molar-refractivity contribution in [2.75, 3.05) is 9.80 Å². The van der Waals surface area contributed by atoms with Crippen molar-refractivity contribution < 1.29 is 8.78 Å². The van der Waals surface area contributed by atoms with Gasteiger partial charge < -0.3 is 23.5 Å². The fourth-order valence-corrected chi connectivity index (χ4v) is 11.1. The normalized spacial score (nSPS) is 11.7. The second kappa shape index (κ2) is 17.0. The molecule has 0 saturated carbocycles. The third-order valence-electron chi connectivity index (χ3n) is 14.3. The molecule has 3 heterocycles. The van der Waals surface area contributed by atoms with Crippen LogP contribution in [0.25, 0.3) is 82.5 Å². The number of benzene rings is 11. The Labute approximate surface area is 419 Å². The van der Waals surface area contributed by atoms with Crippen LogP contribution in [0.15, 0.2) is 261 Å². The van der Waals surface area contributed by atoms with E-state index >= 15 is 0 Å². The molecule has 0 N–H and O–H groups in total. The number of nitrogens with zero attached hydrogens (tertiary/aromatic N) is 5. The molecule has 14 aromatic rings. The number of para-hydroxylation sites is 5. The molecule has 346 valence electrons. The average molecular weight is 944 g/mol. The molecule has 0 bridgehead atoms. The third-order valence-corrected chi connectivity index (χ3v) is 14.3. The molecule has 0 radical (unpaired) electrons. The zero-order chi connectivity index (χ0) is 48.6. The maximum absolute atomic E-state index is 14.8. The second-order valence-electron chi connectivity index (χ2n) is 18.5. The molecule has 11 aromatic carbocycles. The van der Waals surface area contributed by atoms with Gasteiger partial charge in [0.15, 0.2) is 0 Å². The third kappa shape index (κ3) is 6.96. The van der Waals surface area contributed by atoms with Crippen LogP contribution < -0.4 is 9.80 Å². The van der Waals surface area contributed by atoms with Crippen molar-refractivity contribution in [3.05, 3.63) is 272 Å². The van der Waals surface area contributed by atoms with Gasteiger partial charge in [0.25, 0.3) is 0 Å². The largest absolute Gasteiger partial charge is 0.310 e. The van der Waals surface area contributed by atoms with Crippen molar-refractivity contribution in [2.45, 2.75) is 0 Å². The minimum atomic E-state index is -0.300. The Bertz CT molecular complexity index is 4120. The number of fused-ring (bicyclic) bond motifs is 9. The van der Waals surface area contributed by atoms with E-state index in [0.717, 1.165) is 117 Å². The van der Waals surface area contributed by atoms with Crippen LogP contribution in [0, 0.1) is 11.6 Å². The first kappa shape index (κ1) is 42.2.